The first-order valence-electron chi connectivity index (χ1n) is 20.6. The van der Waals surface area contributed by atoms with Gasteiger partial charge in [-0.1, -0.05) is 90.5 Å². The van der Waals surface area contributed by atoms with Crippen LogP contribution in [0.25, 0.3) is 11.2 Å². The van der Waals surface area contributed by atoms with E-state index in [0.717, 1.165) is 33.4 Å². The first-order valence-corrected chi connectivity index (χ1v) is 23.7. The van der Waals surface area contributed by atoms with Crippen molar-refractivity contribution in [2.45, 2.75) is 51.2 Å². The molecule has 0 radical (unpaired) electrons. The van der Waals surface area contributed by atoms with Gasteiger partial charge in [0.15, 0.2) is 17.0 Å². The Morgan fingerprint density at radius 3 is 1.98 bits per heavy atom. The van der Waals surface area contributed by atoms with Gasteiger partial charge >= 0.3 is 5.97 Å². The number of imidazole rings is 1. The third-order valence-corrected chi connectivity index (χ3v) is 12.8. The molecule has 7 aromatic rings. The molecule has 4 atom stereocenters. The number of ether oxygens (including phenoxy) is 4. The predicted molar refractivity (Wildman–Crippen MR) is 248 cm³/mol. The zero-order valence-electron chi connectivity index (χ0n) is 36.3. The summed E-state index contributed by atoms with van der Waals surface area (Å²) in [7, 11) is 3.25. The van der Waals surface area contributed by atoms with E-state index in [1.807, 2.05) is 118 Å². The molecular weight excluding hydrogens is 850 g/mol. The monoisotopic (exact) mass is 897 g/mol. The number of hydrogen-bond acceptors (Lipinski definition) is 12. The lowest BCUT2D eigenvalue weighted by Crippen LogP contribution is -2.38. The van der Waals surface area contributed by atoms with E-state index in [9.17, 15) is 9.59 Å². The van der Waals surface area contributed by atoms with E-state index in [1.165, 1.54) is 6.33 Å². The Balaban J connectivity index is 1.16. The van der Waals surface area contributed by atoms with Crippen LogP contribution in [0.15, 0.2) is 134 Å². The molecule has 5 aromatic carbocycles. The summed E-state index contributed by atoms with van der Waals surface area (Å²) in [5.74, 6) is 0.734. The van der Waals surface area contributed by atoms with Crippen LogP contribution < -0.4 is 14.8 Å². The normalized spacial score (nSPS) is 17.1. The van der Waals surface area contributed by atoms with Gasteiger partial charge in [0.1, 0.15) is 35.8 Å². The fourth-order valence-electron chi connectivity index (χ4n) is 8.30. The van der Waals surface area contributed by atoms with Crippen molar-refractivity contribution in [3.8, 4) is 11.5 Å². The van der Waals surface area contributed by atoms with Gasteiger partial charge in [-0.3, -0.25) is 9.36 Å². The van der Waals surface area contributed by atoms with Crippen LogP contribution in [-0.4, -0.2) is 71.1 Å². The molecule has 1 saturated heterocycles. The highest BCUT2D eigenvalue weighted by Crippen LogP contribution is 2.51. The molecule has 0 saturated carbocycles. The Kier molecular flexibility index (Phi) is 13.0. The number of methoxy groups -OCH3 is 2. The molecule has 1 aliphatic rings. The maximum Gasteiger partial charge on any atom is 0.343 e. The minimum atomic E-state index is -3.29. The standard InChI is InChI=1S/C49H48N5O8PS/c1-31-25-32(2)43(33(3)26-31)48(56)62-63(6,64)61-40-27-42(54-30-52-44-45(50-29-51-46(44)54)53-47(55)34-13-9-7-10-14-34)60-41(40)28-59-49(35-15-11-8-12-16-35,36-17-21-38(57-4)22-18-36)37-19-23-39(58-5)24-20-37/h7-26,29-30,40-42H,27-28H2,1-6H3,(H,50,51,53,55)/t40-,41+,42+,63?/m0/s1. The van der Waals surface area contributed by atoms with Crippen molar-refractivity contribution < 1.29 is 37.6 Å². The van der Waals surface area contributed by atoms with Gasteiger partial charge in [-0.2, -0.15) is 0 Å². The van der Waals surface area contributed by atoms with Crippen molar-refractivity contribution in [1.82, 2.24) is 19.5 Å². The number of carbonyl (C=O) groups is 2. The van der Waals surface area contributed by atoms with Crippen molar-refractivity contribution >= 4 is 47.2 Å². The number of benzene rings is 5. The van der Waals surface area contributed by atoms with Crippen molar-refractivity contribution in [2.24, 2.45) is 0 Å². The molecule has 2 aromatic heterocycles. The number of fused-ring (bicyclic) bond motifs is 1. The van der Waals surface area contributed by atoms with Gasteiger partial charge in [-0.05, 0) is 96.8 Å². The zero-order valence-corrected chi connectivity index (χ0v) is 38.0. The summed E-state index contributed by atoms with van der Waals surface area (Å²) >= 11 is 6.02. The number of carbonyl (C=O) groups excluding carboxylic acids is 2. The van der Waals surface area contributed by atoms with Crippen LogP contribution in [-0.2, 0) is 35.9 Å². The van der Waals surface area contributed by atoms with Crippen molar-refractivity contribution in [1.29, 1.82) is 0 Å². The summed E-state index contributed by atoms with van der Waals surface area (Å²) < 4.78 is 39.9. The van der Waals surface area contributed by atoms with Gasteiger partial charge in [-0.15, -0.1) is 0 Å². The molecule has 3 heterocycles. The highest BCUT2D eigenvalue weighted by molar-refractivity contribution is 8.09. The number of rotatable bonds is 15. The summed E-state index contributed by atoms with van der Waals surface area (Å²) in [5.41, 5.74) is 5.67. The van der Waals surface area contributed by atoms with E-state index in [4.69, 9.17) is 39.8 Å². The highest BCUT2D eigenvalue weighted by Gasteiger charge is 2.45. The molecule has 1 aliphatic heterocycles. The Morgan fingerprint density at radius 1 is 0.812 bits per heavy atom. The number of aromatic nitrogens is 4. The molecule has 0 spiro atoms. The van der Waals surface area contributed by atoms with E-state index in [0.29, 0.717) is 33.8 Å². The number of hydrogen-bond donors (Lipinski definition) is 1. The Morgan fingerprint density at radius 2 is 1.39 bits per heavy atom. The quantitative estimate of drug-likeness (QED) is 0.0773. The maximum absolute atomic E-state index is 13.8. The average molecular weight is 898 g/mol. The van der Waals surface area contributed by atoms with E-state index < -0.39 is 36.5 Å². The maximum atomic E-state index is 13.8. The summed E-state index contributed by atoms with van der Waals surface area (Å²) in [6.07, 6.45) is 1.02. The molecule has 8 rings (SSSR count). The molecule has 15 heteroatoms. The van der Waals surface area contributed by atoms with Crippen LogP contribution in [0.4, 0.5) is 5.82 Å². The smallest absolute Gasteiger partial charge is 0.343 e. The number of anilines is 1. The highest BCUT2D eigenvalue weighted by atomic mass is 32.5. The van der Waals surface area contributed by atoms with Crippen molar-refractivity contribution in [3.63, 3.8) is 0 Å². The van der Waals surface area contributed by atoms with E-state index in [-0.39, 0.29) is 24.8 Å². The fourth-order valence-corrected chi connectivity index (χ4v) is 9.99. The lowest BCUT2D eigenvalue weighted by molar-refractivity contribution is -0.0901. The minimum Gasteiger partial charge on any atom is -0.497 e. The van der Waals surface area contributed by atoms with Crippen LogP contribution in [0.3, 0.4) is 0 Å². The Hall–Kier alpha value is -6.28. The molecule has 1 unspecified atom stereocenters. The molecule has 1 N–H and O–H groups in total. The number of amides is 1. The van der Waals surface area contributed by atoms with Crippen LogP contribution in [0.2, 0.25) is 0 Å². The average Bonchev–Trinajstić information content (AvgIpc) is 3.91. The predicted octanol–water partition coefficient (Wildman–Crippen LogP) is 9.50. The van der Waals surface area contributed by atoms with E-state index in [2.05, 4.69) is 20.3 Å². The lowest BCUT2D eigenvalue weighted by atomic mass is 9.80. The van der Waals surface area contributed by atoms with Gasteiger partial charge in [-0.25, -0.2) is 19.7 Å². The van der Waals surface area contributed by atoms with Crippen LogP contribution in [0, 0.1) is 20.8 Å². The van der Waals surface area contributed by atoms with Gasteiger partial charge in [0.05, 0.1) is 38.8 Å². The lowest BCUT2D eigenvalue weighted by Gasteiger charge is -2.37. The van der Waals surface area contributed by atoms with Crippen LogP contribution in [0.1, 0.15) is 66.7 Å². The second-order valence-electron chi connectivity index (χ2n) is 15.6. The minimum absolute atomic E-state index is 0.00637. The SMILES string of the molecule is COc1ccc(C(OC[C@H]2O[C@@H](n3cnc4c(NC(=O)c5ccccc5)ncnc43)C[C@@H]2OP(C)(=S)OC(=O)c2c(C)cc(C)cc2C)(c2ccccc2)c2ccc(OC)cc2)cc1. The summed E-state index contributed by atoms with van der Waals surface area (Å²) in [6, 6.07) is 38.2. The van der Waals surface area contributed by atoms with E-state index >= 15 is 0 Å². The number of nitrogens with one attached hydrogen (secondary N) is 1. The van der Waals surface area contributed by atoms with Crippen LogP contribution >= 0.6 is 6.49 Å². The zero-order chi connectivity index (χ0) is 45.0. The fraction of sp³-hybridized carbons (Fsp3) is 0.245. The molecular formula is C49H48N5O8PS. The van der Waals surface area contributed by atoms with Crippen molar-refractivity contribution in [2.75, 3.05) is 32.8 Å². The second kappa shape index (κ2) is 18.8. The Bertz CT molecular complexity index is 2750. The van der Waals surface area contributed by atoms with Gasteiger partial charge < -0.3 is 33.3 Å². The molecule has 0 bridgehead atoms. The number of aryl methyl sites for hydroxylation is 3. The first-order chi connectivity index (χ1) is 30.9. The van der Waals surface area contributed by atoms with Crippen LogP contribution in [0.5, 0.6) is 11.5 Å². The van der Waals surface area contributed by atoms with Gasteiger partial charge in [0.2, 0.25) is 6.49 Å². The molecule has 13 nitrogen and oxygen atoms in total. The third kappa shape index (κ3) is 9.19. The first kappa shape index (κ1) is 44.3. The second-order valence-corrected chi connectivity index (χ2v) is 19.5. The molecule has 1 fully saturated rings. The van der Waals surface area contributed by atoms with Crippen molar-refractivity contribution in [3.05, 3.63) is 178 Å². The summed E-state index contributed by atoms with van der Waals surface area (Å²) in [4.78, 5) is 40.5. The Labute approximate surface area is 376 Å². The third-order valence-electron chi connectivity index (χ3n) is 11.2. The number of nitrogens with zero attached hydrogens (tertiary/aromatic N) is 4. The molecule has 1 amide bonds. The van der Waals surface area contributed by atoms with E-state index in [1.54, 1.807) is 56.0 Å². The topological polar surface area (TPSA) is 145 Å². The molecule has 328 valence electrons. The largest absolute Gasteiger partial charge is 0.497 e. The molecule has 0 aliphatic carbocycles. The summed E-state index contributed by atoms with van der Waals surface area (Å²) in [6.45, 7) is 4.08. The van der Waals surface area contributed by atoms with Gasteiger partial charge in [0.25, 0.3) is 5.91 Å². The molecule has 64 heavy (non-hydrogen) atoms. The summed E-state index contributed by atoms with van der Waals surface area (Å²) in [5, 5.41) is 2.87. The van der Waals surface area contributed by atoms with Gasteiger partial charge in [0, 0.05) is 18.6 Å².